The number of hydrogen-bond acceptors (Lipinski definition) is 5. The molecule has 1 amide bonds. The minimum atomic E-state index is -0.512. The normalized spacial score (nSPS) is 11.0. The number of hydrogen-bond donors (Lipinski definition) is 3. The van der Waals surface area contributed by atoms with Crippen molar-refractivity contribution in [2.45, 2.75) is 30.8 Å². The predicted molar refractivity (Wildman–Crippen MR) is 82.2 cm³/mol. The number of aromatic amines is 1. The molecular formula is C13H17N5O2S. The van der Waals surface area contributed by atoms with Crippen LogP contribution in [-0.2, 0) is 5.75 Å². The van der Waals surface area contributed by atoms with E-state index in [1.807, 2.05) is 13.8 Å². The Balaban J connectivity index is 2.17. The zero-order valence-corrected chi connectivity index (χ0v) is 12.6. The second-order valence-corrected chi connectivity index (χ2v) is 5.78. The molecule has 0 saturated carbocycles. The van der Waals surface area contributed by atoms with Crippen LogP contribution in [0.2, 0.25) is 0 Å². The van der Waals surface area contributed by atoms with Crippen molar-refractivity contribution in [3.05, 3.63) is 39.8 Å². The summed E-state index contributed by atoms with van der Waals surface area (Å²) < 4.78 is 1.58. The SMILES string of the molecule is CC(C)n1c(SCc2ccc(C(N)=O)cc2N)n[nH]c1=O. The Hall–Kier alpha value is -2.22. The van der Waals surface area contributed by atoms with Crippen LogP contribution in [0.5, 0.6) is 0 Å². The quantitative estimate of drug-likeness (QED) is 0.565. The number of rotatable bonds is 5. The molecule has 2 aromatic rings. The molecule has 0 fully saturated rings. The fourth-order valence-electron chi connectivity index (χ4n) is 1.87. The van der Waals surface area contributed by atoms with Gasteiger partial charge in [0.05, 0.1) is 0 Å². The van der Waals surface area contributed by atoms with E-state index in [2.05, 4.69) is 10.2 Å². The number of aromatic nitrogens is 3. The molecule has 0 saturated heterocycles. The Kier molecular flexibility index (Phi) is 4.37. The summed E-state index contributed by atoms with van der Waals surface area (Å²) in [6.45, 7) is 3.83. The van der Waals surface area contributed by atoms with Crippen LogP contribution in [0.25, 0.3) is 0 Å². The molecule has 112 valence electrons. The van der Waals surface area contributed by atoms with Gasteiger partial charge in [-0.05, 0) is 31.5 Å². The van der Waals surface area contributed by atoms with E-state index in [0.29, 0.717) is 22.2 Å². The van der Waals surface area contributed by atoms with Crippen LogP contribution in [-0.4, -0.2) is 20.7 Å². The highest BCUT2D eigenvalue weighted by molar-refractivity contribution is 7.98. The molecule has 0 spiro atoms. The molecule has 21 heavy (non-hydrogen) atoms. The summed E-state index contributed by atoms with van der Waals surface area (Å²) in [6, 6.07) is 4.97. The predicted octanol–water partition coefficient (Wildman–Crippen LogP) is 1.13. The number of nitrogen functional groups attached to an aromatic ring is 1. The third kappa shape index (κ3) is 3.27. The largest absolute Gasteiger partial charge is 0.398 e. The summed E-state index contributed by atoms with van der Waals surface area (Å²) in [6.07, 6.45) is 0. The molecule has 8 heteroatoms. The molecule has 2 rings (SSSR count). The van der Waals surface area contributed by atoms with E-state index in [9.17, 15) is 9.59 Å². The average molecular weight is 307 g/mol. The second kappa shape index (κ2) is 6.04. The van der Waals surface area contributed by atoms with Crippen LogP contribution in [0.3, 0.4) is 0 Å². The van der Waals surface area contributed by atoms with Crippen molar-refractivity contribution in [2.24, 2.45) is 5.73 Å². The van der Waals surface area contributed by atoms with Gasteiger partial charge in [0, 0.05) is 23.0 Å². The third-order valence-electron chi connectivity index (χ3n) is 2.98. The van der Waals surface area contributed by atoms with E-state index in [-0.39, 0.29) is 11.7 Å². The first-order valence-corrected chi connectivity index (χ1v) is 7.36. The van der Waals surface area contributed by atoms with Crippen LogP contribution in [0.4, 0.5) is 5.69 Å². The minimum Gasteiger partial charge on any atom is -0.398 e. The lowest BCUT2D eigenvalue weighted by Gasteiger charge is -2.09. The summed E-state index contributed by atoms with van der Waals surface area (Å²) in [5.74, 6) is 0.0314. The first-order chi connectivity index (χ1) is 9.90. The number of nitrogens with two attached hydrogens (primary N) is 2. The first kappa shape index (κ1) is 15.2. The number of benzene rings is 1. The molecule has 0 unspecified atom stereocenters. The van der Waals surface area contributed by atoms with Crippen LogP contribution in [0.1, 0.15) is 35.8 Å². The van der Waals surface area contributed by atoms with Crippen molar-refractivity contribution in [3.63, 3.8) is 0 Å². The van der Waals surface area contributed by atoms with Gasteiger partial charge in [-0.15, -0.1) is 5.10 Å². The maximum atomic E-state index is 11.6. The van der Waals surface area contributed by atoms with Crippen LogP contribution in [0, 0.1) is 0 Å². The lowest BCUT2D eigenvalue weighted by molar-refractivity contribution is 0.100. The molecule has 1 heterocycles. The van der Waals surface area contributed by atoms with Crippen molar-refractivity contribution in [1.82, 2.24) is 14.8 Å². The maximum Gasteiger partial charge on any atom is 0.344 e. The van der Waals surface area contributed by atoms with Gasteiger partial charge in [-0.2, -0.15) is 0 Å². The van der Waals surface area contributed by atoms with E-state index in [1.54, 1.807) is 22.8 Å². The van der Waals surface area contributed by atoms with Crippen molar-refractivity contribution in [2.75, 3.05) is 5.73 Å². The van der Waals surface area contributed by atoms with E-state index in [4.69, 9.17) is 11.5 Å². The Morgan fingerprint density at radius 2 is 2.19 bits per heavy atom. The van der Waals surface area contributed by atoms with E-state index in [1.165, 1.54) is 11.8 Å². The fraction of sp³-hybridized carbons (Fsp3) is 0.308. The highest BCUT2D eigenvalue weighted by Crippen LogP contribution is 2.25. The number of nitrogens with zero attached hydrogens (tertiary/aromatic N) is 2. The highest BCUT2D eigenvalue weighted by Gasteiger charge is 2.13. The van der Waals surface area contributed by atoms with Gasteiger partial charge in [-0.1, -0.05) is 17.8 Å². The first-order valence-electron chi connectivity index (χ1n) is 6.38. The van der Waals surface area contributed by atoms with Gasteiger partial charge in [0.15, 0.2) is 5.16 Å². The summed E-state index contributed by atoms with van der Waals surface area (Å²) in [4.78, 5) is 22.7. The van der Waals surface area contributed by atoms with Crippen molar-refractivity contribution in [3.8, 4) is 0 Å². The van der Waals surface area contributed by atoms with Crippen molar-refractivity contribution >= 4 is 23.4 Å². The Bertz CT molecular complexity index is 720. The van der Waals surface area contributed by atoms with E-state index in [0.717, 1.165) is 5.56 Å². The molecule has 0 aliphatic carbocycles. The summed E-state index contributed by atoms with van der Waals surface area (Å²) in [5.41, 5.74) is 12.6. The second-order valence-electron chi connectivity index (χ2n) is 4.84. The lowest BCUT2D eigenvalue weighted by Crippen LogP contribution is -2.19. The topological polar surface area (TPSA) is 120 Å². The van der Waals surface area contributed by atoms with E-state index >= 15 is 0 Å². The lowest BCUT2D eigenvalue weighted by atomic mass is 10.1. The minimum absolute atomic E-state index is 0.0216. The highest BCUT2D eigenvalue weighted by atomic mass is 32.2. The van der Waals surface area contributed by atoms with Gasteiger partial charge in [-0.3, -0.25) is 9.36 Å². The number of anilines is 1. The molecule has 0 atom stereocenters. The van der Waals surface area contributed by atoms with Crippen molar-refractivity contribution < 1.29 is 4.79 Å². The monoisotopic (exact) mass is 307 g/mol. The molecule has 5 N–H and O–H groups in total. The number of thioether (sulfide) groups is 1. The standard InChI is InChI=1S/C13H17N5O2S/c1-7(2)18-12(20)16-17-13(18)21-6-9-4-3-8(11(15)19)5-10(9)14/h3-5,7H,6,14H2,1-2H3,(H2,15,19)(H,16,20). The number of carbonyl (C=O) groups is 1. The van der Waals surface area contributed by atoms with Gasteiger partial charge in [0.1, 0.15) is 0 Å². The van der Waals surface area contributed by atoms with E-state index < -0.39 is 5.91 Å². The molecule has 7 nitrogen and oxygen atoms in total. The van der Waals surface area contributed by atoms with Crippen LogP contribution < -0.4 is 17.2 Å². The number of primary amides is 1. The Labute approximate surface area is 125 Å². The van der Waals surface area contributed by atoms with Gasteiger partial charge in [0.25, 0.3) is 0 Å². The summed E-state index contributed by atoms with van der Waals surface area (Å²) in [5, 5.41) is 7.04. The zero-order chi connectivity index (χ0) is 15.6. The Morgan fingerprint density at radius 1 is 1.48 bits per heavy atom. The van der Waals surface area contributed by atoms with Gasteiger partial charge in [0.2, 0.25) is 5.91 Å². The summed E-state index contributed by atoms with van der Waals surface area (Å²) in [7, 11) is 0. The molecule has 0 radical (unpaired) electrons. The third-order valence-corrected chi connectivity index (χ3v) is 3.98. The maximum absolute atomic E-state index is 11.6. The molecule has 0 bridgehead atoms. The number of amides is 1. The fourth-order valence-corrected chi connectivity index (χ4v) is 2.96. The molecule has 1 aromatic carbocycles. The van der Waals surface area contributed by atoms with Crippen molar-refractivity contribution in [1.29, 1.82) is 0 Å². The van der Waals surface area contributed by atoms with Gasteiger partial charge >= 0.3 is 5.69 Å². The Morgan fingerprint density at radius 3 is 2.76 bits per heavy atom. The number of H-pyrrole nitrogens is 1. The van der Waals surface area contributed by atoms with Crippen LogP contribution >= 0.6 is 11.8 Å². The van der Waals surface area contributed by atoms with Gasteiger partial charge in [-0.25, -0.2) is 9.89 Å². The molecule has 0 aliphatic heterocycles. The average Bonchev–Trinajstić information content (AvgIpc) is 2.78. The number of carbonyl (C=O) groups excluding carboxylic acids is 1. The summed E-state index contributed by atoms with van der Waals surface area (Å²) >= 11 is 1.40. The van der Waals surface area contributed by atoms with Crippen LogP contribution in [0.15, 0.2) is 28.2 Å². The molecular weight excluding hydrogens is 290 g/mol. The molecule has 1 aromatic heterocycles. The molecule has 0 aliphatic rings. The van der Waals surface area contributed by atoms with Gasteiger partial charge < -0.3 is 11.5 Å². The number of nitrogens with one attached hydrogen (secondary N) is 1. The smallest absolute Gasteiger partial charge is 0.344 e. The zero-order valence-electron chi connectivity index (χ0n) is 11.8.